The Morgan fingerprint density at radius 3 is 2.65 bits per heavy atom. The minimum Gasteiger partial charge on any atom is -0.398 e. The van der Waals surface area contributed by atoms with E-state index in [1.54, 1.807) is 0 Å². The summed E-state index contributed by atoms with van der Waals surface area (Å²) in [5.41, 5.74) is 7.94. The average Bonchev–Trinajstić information content (AvgIpc) is 2.30. The lowest BCUT2D eigenvalue weighted by atomic mass is 10.0. The van der Waals surface area contributed by atoms with E-state index in [-0.39, 0.29) is 5.91 Å². The van der Waals surface area contributed by atoms with E-state index in [9.17, 15) is 4.79 Å². The number of nitrogens with one attached hydrogen (secondary N) is 1. The van der Waals surface area contributed by atoms with Gasteiger partial charge in [0.05, 0.1) is 0 Å². The minimum absolute atomic E-state index is 0.00440. The molecule has 0 aliphatic rings. The number of nitrogens with two attached hydrogens (primary N) is 1. The van der Waals surface area contributed by atoms with E-state index >= 15 is 0 Å². The van der Waals surface area contributed by atoms with Crippen LogP contribution >= 0.6 is 0 Å². The molecule has 0 saturated carbocycles. The van der Waals surface area contributed by atoms with Gasteiger partial charge in [-0.05, 0) is 23.4 Å². The second kappa shape index (κ2) is 4.87. The molecule has 17 heavy (non-hydrogen) atoms. The van der Waals surface area contributed by atoms with Gasteiger partial charge in [-0.25, -0.2) is 0 Å². The van der Waals surface area contributed by atoms with E-state index in [1.165, 1.54) is 12.5 Å². The van der Waals surface area contributed by atoms with Crippen molar-refractivity contribution in [1.29, 1.82) is 0 Å². The van der Waals surface area contributed by atoms with Gasteiger partial charge in [-0.15, -0.1) is 0 Å². The molecule has 0 spiro atoms. The second-order valence-corrected chi connectivity index (χ2v) is 4.09. The largest absolute Gasteiger partial charge is 0.398 e. The third-order valence-electron chi connectivity index (χ3n) is 2.81. The van der Waals surface area contributed by atoms with Gasteiger partial charge in [-0.2, -0.15) is 0 Å². The second-order valence-electron chi connectivity index (χ2n) is 4.09. The molecule has 0 aromatic heterocycles. The van der Waals surface area contributed by atoms with E-state index in [4.69, 9.17) is 5.73 Å². The fourth-order valence-corrected chi connectivity index (χ4v) is 1.99. The molecule has 0 heterocycles. The van der Waals surface area contributed by atoms with Crippen LogP contribution in [0.1, 0.15) is 12.5 Å². The van der Waals surface area contributed by atoms with Gasteiger partial charge in [0.1, 0.15) is 0 Å². The number of fused-ring (bicyclic) bond motifs is 1. The zero-order chi connectivity index (χ0) is 12.3. The fraction of sp³-hybridized carbons (Fsp3) is 0.214. The molecule has 2 rings (SSSR count). The van der Waals surface area contributed by atoms with Crippen molar-refractivity contribution in [3.05, 3.63) is 42.0 Å². The van der Waals surface area contributed by atoms with Crippen LogP contribution in [0, 0.1) is 0 Å². The van der Waals surface area contributed by atoms with Crippen molar-refractivity contribution in [3.63, 3.8) is 0 Å². The Morgan fingerprint density at radius 2 is 1.88 bits per heavy atom. The summed E-state index contributed by atoms with van der Waals surface area (Å²) >= 11 is 0. The van der Waals surface area contributed by atoms with Crippen molar-refractivity contribution in [2.24, 2.45) is 0 Å². The first-order chi connectivity index (χ1) is 8.18. The summed E-state index contributed by atoms with van der Waals surface area (Å²) in [7, 11) is 0. The van der Waals surface area contributed by atoms with Gasteiger partial charge in [0, 0.05) is 24.5 Å². The summed E-state index contributed by atoms with van der Waals surface area (Å²) in [5, 5.41) is 5.04. The summed E-state index contributed by atoms with van der Waals surface area (Å²) < 4.78 is 0. The zero-order valence-corrected chi connectivity index (χ0v) is 9.86. The highest BCUT2D eigenvalue weighted by atomic mass is 16.1. The smallest absolute Gasteiger partial charge is 0.216 e. The van der Waals surface area contributed by atoms with Gasteiger partial charge in [-0.3, -0.25) is 4.79 Å². The highest BCUT2D eigenvalue weighted by molar-refractivity contribution is 5.94. The number of rotatable bonds is 3. The van der Waals surface area contributed by atoms with E-state index in [2.05, 4.69) is 17.4 Å². The molecule has 0 fully saturated rings. The molecule has 0 unspecified atom stereocenters. The third kappa shape index (κ3) is 2.56. The Kier molecular flexibility index (Phi) is 3.28. The summed E-state index contributed by atoms with van der Waals surface area (Å²) in [6, 6.07) is 12.0. The topological polar surface area (TPSA) is 55.1 Å². The molecule has 2 aromatic carbocycles. The van der Waals surface area contributed by atoms with Crippen molar-refractivity contribution < 1.29 is 4.79 Å². The van der Waals surface area contributed by atoms with Crippen molar-refractivity contribution in [1.82, 2.24) is 5.32 Å². The molecule has 3 heteroatoms. The lowest BCUT2D eigenvalue weighted by Gasteiger charge is -2.08. The maximum atomic E-state index is 10.8. The lowest BCUT2D eigenvalue weighted by Crippen LogP contribution is -2.22. The molecule has 1 amide bonds. The van der Waals surface area contributed by atoms with E-state index in [0.29, 0.717) is 6.54 Å². The fourth-order valence-electron chi connectivity index (χ4n) is 1.99. The van der Waals surface area contributed by atoms with Gasteiger partial charge in [0.25, 0.3) is 0 Å². The first-order valence-corrected chi connectivity index (χ1v) is 5.69. The van der Waals surface area contributed by atoms with E-state index in [0.717, 1.165) is 22.9 Å². The van der Waals surface area contributed by atoms with Crippen LogP contribution in [-0.4, -0.2) is 12.5 Å². The van der Waals surface area contributed by atoms with Gasteiger partial charge < -0.3 is 11.1 Å². The molecule has 2 aromatic rings. The molecule has 3 N–H and O–H groups in total. The number of carbonyl (C=O) groups is 1. The SMILES string of the molecule is CC(=O)NCCc1cccc2c(N)cccc12. The number of carbonyl (C=O) groups excluding carboxylic acids is 1. The monoisotopic (exact) mass is 228 g/mol. The maximum Gasteiger partial charge on any atom is 0.216 e. The molecule has 0 saturated heterocycles. The Labute approximate surface area is 101 Å². The molecule has 0 atom stereocenters. The first kappa shape index (κ1) is 11.5. The first-order valence-electron chi connectivity index (χ1n) is 5.69. The molecule has 88 valence electrons. The van der Waals surface area contributed by atoms with Crippen LogP contribution in [0.4, 0.5) is 5.69 Å². The van der Waals surface area contributed by atoms with Crippen molar-refractivity contribution >= 4 is 22.4 Å². The average molecular weight is 228 g/mol. The van der Waals surface area contributed by atoms with E-state index < -0.39 is 0 Å². The van der Waals surface area contributed by atoms with E-state index in [1.807, 2.05) is 24.3 Å². The van der Waals surface area contributed by atoms with Crippen molar-refractivity contribution in [3.8, 4) is 0 Å². The number of nitrogen functional groups attached to an aromatic ring is 1. The Balaban J connectivity index is 2.28. The predicted octanol–water partition coefficient (Wildman–Crippen LogP) is 2.10. The van der Waals surface area contributed by atoms with Crippen LogP contribution in [0.15, 0.2) is 36.4 Å². The molecule has 0 aliphatic heterocycles. The van der Waals surface area contributed by atoms with Crippen LogP contribution in [0.2, 0.25) is 0 Å². The summed E-state index contributed by atoms with van der Waals surface area (Å²) in [4.78, 5) is 10.8. The predicted molar refractivity (Wildman–Crippen MR) is 70.7 cm³/mol. The summed E-state index contributed by atoms with van der Waals surface area (Å²) in [6.45, 7) is 2.18. The minimum atomic E-state index is 0.00440. The highest BCUT2D eigenvalue weighted by Crippen LogP contribution is 2.24. The number of hydrogen-bond donors (Lipinski definition) is 2. The van der Waals surface area contributed by atoms with Gasteiger partial charge in [0.2, 0.25) is 5.91 Å². The van der Waals surface area contributed by atoms with Gasteiger partial charge >= 0.3 is 0 Å². The van der Waals surface area contributed by atoms with Crippen LogP contribution in [0.3, 0.4) is 0 Å². The van der Waals surface area contributed by atoms with Crippen LogP contribution in [-0.2, 0) is 11.2 Å². The molecule has 0 radical (unpaired) electrons. The quantitative estimate of drug-likeness (QED) is 0.790. The van der Waals surface area contributed by atoms with Crippen LogP contribution in [0.5, 0.6) is 0 Å². The van der Waals surface area contributed by atoms with Crippen LogP contribution in [0.25, 0.3) is 10.8 Å². The molecular formula is C14H16N2O. The number of anilines is 1. The van der Waals surface area contributed by atoms with Gasteiger partial charge in [0.15, 0.2) is 0 Å². The summed E-state index contributed by atoms with van der Waals surface area (Å²) in [5.74, 6) is 0.00440. The Bertz CT molecular complexity index is 549. The molecule has 0 aliphatic carbocycles. The van der Waals surface area contributed by atoms with Gasteiger partial charge in [-0.1, -0.05) is 30.3 Å². The third-order valence-corrected chi connectivity index (χ3v) is 2.81. The zero-order valence-electron chi connectivity index (χ0n) is 9.86. The van der Waals surface area contributed by atoms with Crippen LogP contribution < -0.4 is 11.1 Å². The molecule has 3 nitrogen and oxygen atoms in total. The Hall–Kier alpha value is -2.03. The summed E-state index contributed by atoms with van der Waals surface area (Å²) in [6.07, 6.45) is 0.820. The number of benzene rings is 2. The lowest BCUT2D eigenvalue weighted by molar-refractivity contribution is -0.118. The standard InChI is InChI=1S/C14H16N2O/c1-10(17)16-9-8-11-4-2-6-13-12(11)5-3-7-14(13)15/h2-7H,8-9,15H2,1H3,(H,16,17). The Morgan fingerprint density at radius 1 is 1.18 bits per heavy atom. The van der Waals surface area contributed by atoms with Crippen molar-refractivity contribution in [2.75, 3.05) is 12.3 Å². The molecular weight excluding hydrogens is 212 g/mol. The number of hydrogen-bond acceptors (Lipinski definition) is 2. The number of amides is 1. The highest BCUT2D eigenvalue weighted by Gasteiger charge is 2.02. The van der Waals surface area contributed by atoms with Crippen molar-refractivity contribution in [2.45, 2.75) is 13.3 Å². The maximum absolute atomic E-state index is 10.8. The molecule has 0 bridgehead atoms. The normalized spacial score (nSPS) is 10.4.